The van der Waals surface area contributed by atoms with Crippen molar-refractivity contribution in [2.45, 2.75) is 64.4 Å². The fourth-order valence-corrected chi connectivity index (χ4v) is 6.07. The molecule has 0 bridgehead atoms. The maximum absolute atomic E-state index is 12.7. The van der Waals surface area contributed by atoms with Gasteiger partial charge in [0.15, 0.2) is 5.65 Å². The van der Waals surface area contributed by atoms with Gasteiger partial charge in [-0.25, -0.2) is 4.98 Å². The van der Waals surface area contributed by atoms with Gasteiger partial charge in [0.2, 0.25) is 11.9 Å². The molecule has 1 aliphatic rings. The number of anilines is 2. The van der Waals surface area contributed by atoms with Crippen LogP contribution in [-0.4, -0.2) is 124 Å². The Labute approximate surface area is 351 Å². The number of aromatic nitrogens is 5. The number of nitrogens with two attached hydrogens (primary N) is 2. The number of aliphatic hydroxyl groups is 2. The lowest BCUT2D eigenvalue weighted by Crippen LogP contribution is -2.28. The predicted molar refractivity (Wildman–Crippen MR) is 225 cm³/mol. The van der Waals surface area contributed by atoms with E-state index in [4.69, 9.17) is 42.0 Å². The molecule has 3 atom stereocenters. The third-order valence-electron chi connectivity index (χ3n) is 9.22. The van der Waals surface area contributed by atoms with Crippen LogP contribution in [0.4, 0.5) is 11.9 Å². The molecule has 5 rings (SSSR count). The molecular formula is C40H54ClN9O10. The molecule has 1 aromatic carbocycles. The lowest BCUT2D eigenvalue weighted by molar-refractivity contribution is -0.0430. The first-order valence-corrected chi connectivity index (χ1v) is 20.1. The molecule has 20 heteroatoms. The fourth-order valence-electron chi connectivity index (χ4n) is 5.88. The summed E-state index contributed by atoms with van der Waals surface area (Å²) in [4.78, 5) is 61.4. The second kappa shape index (κ2) is 24.7. The number of carbonyl (C=O) groups excluding carboxylic acids is 2. The monoisotopic (exact) mass is 855 g/mol. The van der Waals surface area contributed by atoms with Crippen LogP contribution >= 0.6 is 11.6 Å². The minimum Gasteiger partial charge on any atom is -0.394 e. The van der Waals surface area contributed by atoms with E-state index in [-0.39, 0.29) is 73.1 Å². The number of rotatable bonds is 20. The molecule has 0 spiro atoms. The minimum absolute atomic E-state index is 0.0203. The van der Waals surface area contributed by atoms with Gasteiger partial charge in [-0.15, -0.1) is 11.6 Å². The van der Waals surface area contributed by atoms with Crippen LogP contribution in [0.3, 0.4) is 0 Å². The zero-order chi connectivity index (χ0) is 43.4. The Morgan fingerprint density at radius 3 is 2.12 bits per heavy atom. The molecule has 0 radical (unpaired) electrons. The SMILES string of the molecule is Cc1nc(N)[nH]c(=O)c1C.Nc1nc2c(c(C#CCOCCNC(=O)c3ccc(C(=O)NCCOCCOCCCCCCCl)cc3)cn2C2CC(O)C(CO)O2)c(=O)[nH]1. The lowest BCUT2D eigenvalue weighted by atomic mass is 10.1. The molecule has 4 aromatic rings. The number of fused-ring (bicyclic) bond motifs is 1. The van der Waals surface area contributed by atoms with Crippen molar-refractivity contribution in [3.05, 3.63) is 79.1 Å². The summed E-state index contributed by atoms with van der Waals surface area (Å²) in [7, 11) is 0. The van der Waals surface area contributed by atoms with Crippen molar-refractivity contribution in [3.8, 4) is 11.8 Å². The summed E-state index contributed by atoms with van der Waals surface area (Å²) in [5.74, 6) is 5.96. The van der Waals surface area contributed by atoms with Gasteiger partial charge in [-0.05, 0) is 51.0 Å². The van der Waals surface area contributed by atoms with Crippen LogP contribution in [0.15, 0.2) is 40.1 Å². The molecule has 326 valence electrons. The van der Waals surface area contributed by atoms with E-state index in [2.05, 4.69) is 42.4 Å². The second-order valence-electron chi connectivity index (χ2n) is 13.6. The molecule has 4 heterocycles. The van der Waals surface area contributed by atoms with Gasteiger partial charge in [0, 0.05) is 60.6 Å². The largest absolute Gasteiger partial charge is 0.394 e. The molecule has 1 saturated heterocycles. The van der Waals surface area contributed by atoms with E-state index in [1.54, 1.807) is 48.9 Å². The number of aromatic amines is 2. The third kappa shape index (κ3) is 14.4. The lowest BCUT2D eigenvalue weighted by Gasteiger charge is -2.14. The van der Waals surface area contributed by atoms with Crippen molar-refractivity contribution in [1.29, 1.82) is 0 Å². The Balaban J connectivity index is 0.000000693. The van der Waals surface area contributed by atoms with Crippen LogP contribution in [-0.2, 0) is 18.9 Å². The van der Waals surface area contributed by atoms with E-state index in [1.165, 1.54) is 0 Å². The summed E-state index contributed by atoms with van der Waals surface area (Å²) >= 11 is 5.66. The van der Waals surface area contributed by atoms with E-state index in [1.807, 2.05) is 0 Å². The quantitative estimate of drug-likeness (QED) is 0.0353. The zero-order valence-electron chi connectivity index (χ0n) is 33.8. The van der Waals surface area contributed by atoms with Gasteiger partial charge in [0.25, 0.3) is 22.9 Å². The standard InChI is InChI=1S/C34H45ClN6O9.C6H9N3O/c35-11-3-1-2-4-14-48-18-19-49-17-13-38-32(45)24-9-7-23(8-10-24)31(44)37-12-16-47-15-5-6-25-21-41(28-20-26(43)27(22-42)50-28)30-29(25)33(46)40-34(36)39-30;1-3-4(2)8-6(7)9-5(3)10/h7-10,21,26-28,42-43H,1-4,11-20,22H2,(H,37,44)(H,38,45)(H3,36,39,40,46);1-2H3,(H3,7,8,9,10). The number of nitrogen functional groups attached to an aromatic ring is 2. The highest BCUT2D eigenvalue weighted by Gasteiger charge is 2.35. The summed E-state index contributed by atoms with van der Waals surface area (Å²) in [6.07, 6.45) is 3.74. The summed E-state index contributed by atoms with van der Waals surface area (Å²) in [6, 6.07) is 6.30. The van der Waals surface area contributed by atoms with Gasteiger partial charge < -0.3 is 55.8 Å². The molecular weight excluding hydrogens is 802 g/mol. The van der Waals surface area contributed by atoms with Crippen molar-refractivity contribution < 1.29 is 38.7 Å². The number of hydrogen-bond acceptors (Lipinski definition) is 14. The zero-order valence-corrected chi connectivity index (χ0v) is 34.5. The Kier molecular flexibility index (Phi) is 19.5. The Bertz CT molecular complexity index is 2180. The molecule has 3 aromatic heterocycles. The van der Waals surface area contributed by atoms with E-state index in [9.17, 15) is 29.4 Å². The van der Waals surface area contributed by atoms with E-state index >= 15 is 0 Å². The number of nitrogens with one attached hydrogen (secondary N) is 4. The number of halogens is 1. The maximum Gasteiger partial charge on any atom is 0.263 e. The van der Waals surface area contributed by atoms with E-state index in [0.717, 1.165) is 25.7 Å². The van der Waals surface area contributed by atoms with Crippen molar-refractivity contribution in [2.24, 2.45) is 0 Å². The summed E-state index contributed by atoms with van der Waals surface area (Å²) in [5, 5.41) is 25.3. The number of nitrogens with zero attached hydrogens (tertiary/aromatic N) is 3. The Morgan fingerprint density at radius 2 is 1.50 bits per heavy atom. The average Bonchev–Trinajstić information content (AvgIpc) is 3.79. The minimum atomic E-state index is -0.879. The number of hydrogen-bond donors (Lipinski definition) is 8. The van der Waals surface area contributed by atoms with Gasteiger partial charge in [-0.3, -0.25) is 29.1 Å². The normalized spacial score (nSPS) is 15.8. The van der Waals surface area contributed by atoms with Crippen LogP contribution in [0.1, 0.15) is 75.9 Å². The van der Waals surface area contributed by atoms with E-state index in [0.29, 0.717) is 66.8 Å². The van der Waals surface area contributed by atoms with Crippen LogP contribution in [0.25, 0.3) is 11.0 Å². The van der Waals surface area contributed by atoms with Crippen LogP contribution < -0.4 is 33.2 Å². The van der Waals surface area contributed by atoms with Crippen LogP contribution in [0, 0.1) is 25.7 Å². The topological polar surface area (TPSA) is 284 Å². The molecule has 10 N–H and O–H groups in total. The first kappa shape index (κ1) is 47.3. The van der Waals surface area contributed by atoms with Gasteiger partial charge in [-0.2, -0.15) is 4.98 Å². The van der Waals surface area contributed by atoms with Crippen LogP contribution in [0.2, 0.25) is 0 Å². The van der Waals surface area contributed by atoms with Crippen molar-refractivity contribution >= 4 is 46.3 Å². The summed E-state index contributed by atoms with van der Waals surface area (Å²) in [5.41, 5.74) is 13.1. The number of aliphatic hydroxyl groups excluding tert-OH is 2. The summed E-state index contributed by atoms with van der Waals surface area (Å²) < 4.78 is 23.8. The highest BCUT2D eigenvalue weighted by Crippen LogP contribution is 2.32. The molecule has 0 aliphatic carbocycles. The number of aryl methyl sites for hydroxylation is 1. The number of alkyl halides is 1. The van der Waals surface area contributed by atoms with Crippen molar-refractivity contribution in [3.63, 3.8) is 0 Å². The molecule has 1 fully saturated rings. The molecule has 2 amide bonds. The highest BCUT2D eigenvalue weighted by molar-refractivity contribution is 6.17. The Morgan fingerprint density at radius 1 is 0.900 bits per heavy atom. The average molecular weight is 856 g/mol. The van der Waals surface area contributed by atoms with Crippen molar-refractivity contribution in [2.75, 3.05) is 76.7 Å². The number of amides is 2. The molecule has 19 nitrogen and oxygen atoms in total. The number of H-pyrrole nitrogens is 2. The Hall–Kier alpha value is -5.33. The predicted octanol–water partition coefficient (Wildman–Crippen LogP) is 1.28. The number of carbonyl (C=O) groups is 2. The van der Waals surface area contributed by atoms with Gasteiger partial charge in [0.1, 0.15) is 18.9 Å². The fraction of sp³-hybridized carbons (Fsp3) is 0.500. The highest BCUT2D eigenvalue weighted by atomic mass is 35.5. The first-order valence-electron chi connectivity index (χ1n) is 19.6. The second-order valence-corrected chi connectivity index (χ2v) is 14.0. The van der Waals surface area contributed by atoms with E-state index < -0.39 is 24.0 Å². The number of unbranched alkanes of at least 4 members (excludes halogenated alkanes) is 3. The van der Waals surface area contributed by atoms with Gasteiger partial charge >= 0.3 is 0 Å². The smallest absolute Gasteiger partial charge is 0.263 e. The number of benzene rings is 1. The third-order valence-corrected chi connectivity index (χ3v) is 9.49. The van der Waals surface area contributed by atoms with Crippen molar-refractivity contribution in [1.82, 2.24) is 35.1 Å². The number of ether oxygens (including phenoxy) is 4. The maximum atomic E-state index is 12.7. The molecule has 1 aliphatic heterocycles. The van der Waals surface area contributed by atoms with Gasteiger partial charge in [-0.1, -0.05) is 24.7 Å². The van der Waals surface area contributed by atoms with Gasteiger partial charge in [0.05, 0.1) is 50.1 Å². The molecule has 0 saturated carbocycles. The molecule has 3 unspecified atom stereocenters. The van der Waals surface area contributed by atoms with Crippen LogP contribution in [0.5, 0.6) is 0 Å². The summed E-state index contributed by atoms with van der Waals surface area (Å²) in [6.45, 7) is 5.92. The molecule has 60 heavy (non-hydrogen) atoms. The first-order chi connectivity index (χ1) is 28.9.